The molecule has 0 amide bonds. The van der Waals surface area contributed by atoms with Crippen molar-refractivity contribution in [3.63, 3.8) is 0 Å². The molecule has 0 aromatic heterocycles. The maximum absolute atomic E-state index is 10.3. The minimum absolute atomic E-state index is 0.385. The normalized spacial score (nSPS) is 14.6. The number of hydrogen-bond donors (Lipinski definition) is 0. The second-order valence-corrected chi connectivity index (χ2v) is 2.73. The molecule has 70 valence electrons. The number of ether oxygens (including phenoxy) is 2. The van der Waals surface area contributed by atoms with E-state index in [1.807, 2.05) is 30.3 Å². The van der Waals surface area contributed by atoms with Gasteiger partial charge in [0.15, 0.2) is 0 Å². The molecule has 1 aromatic rings. The lowest BCUT2D eigenvalue weighted by Gasteiger charge is -2.25. The Morgan fingerprint density at radius 1 is 1.31 bits per heavy atom. The third-order valence-corrected chi connectivity index (χ3v) is 1.96. The van der Waals surface area contributed by atoms with E-state index in [2.05, 4.69) is 0 Å². The summed E-state index contributed by atoms with van der Waals surface area (Å²) in [5.74, 6) is -0.983. The van der Waals surface area contributed by atoms with Gasteiger partial charge >= 0.3 is 0 Å². The van der Waals surface area contributed by atoms with Gasteiger partial charge in [0.2, 0.25) is 5.79 Å². The summed E-state index contributed by atoms with van der Waals surface area (Å²) < 4.78 is 9.97. The molecule has 0 heterocycles. The summed E-state index contributed by atoms with van der Waals surface area (Å²) in [7, 11) is 1.50. The Morgan fingerprint density at radius 2 is 1.92 bits per heavy atom. The van der Waals surface area contributed by atoms with Crippen molar-refractivity contribution in [2.24, 2.45) is 0 Å². The Hall–Kier alpha value is -1.35. The monoisotopic (exact) mass is 180 g/mol. The van der Waals surface area contributed by atoms with E-state index >= 15 is 0 Å². The highest BCUT2D eigenvalue weighted by Crippen LogP contribution is 2.24. The number of methoxy groups -OCH3 is 1. The molecule has 0 saturated carbocycles. The Kier molecular flexibility index (Phi) is 3.03. The first-order chi connectivity index (χ1) is 6.23. The van der Waals surface area contributed by atoms with Crippen LogP contribution in [0.1, 0.15) is 12.5 Å². The van der Waals surface area contributed by atoms with E-state index in [9.17, 15) is 4.79 Å². The van der Waals surface area contributed by atoms with Gasteiger partial charge in [-0.25, -0.2) is 0 Å². The summed E-state index contributed by atoms with van der Waals surface area (Å²) in [5, 5.41) is 0. The van der Waals surface area contributed by atoms with Gasteiger partial charge in [0, 0.05) is 19.6 Å². The van der Waals surface area contributed by atoms with Crippen LogP contribution >= 0.6 is 0 Å². The molecule has 3 nitrogen and oxygen atoms in total. The average molecular weight is 180 g/mol. The van der Waals surface area contributed by atoms with Gasteiger partial charge in [0.1, 0.15) is 0 Å². The number of rotatable bonds is 4. The fourth-order valence-corrected chi connectivity index (χ4v) is 1.07. The zero-order chi connectivity index (χ0) is 9.73. The quantitative estimate of drug-likeness (QED) is 0.522. The highest BCUT2D eigenvalue weighted by Gasteiger charge is 2.27. The van der Waals surface area contributed by atoms with Crippen molar-refractivity contribution >= 4 is 6.47 Å². The van der Waals surface area contributed by atoms with Crippen molar-refractivity contribution in [1.29, 1.82) is 0 Å². The Morgan fingerprint density at radius 3 is 2.38 bits per heavy atom. The lowest BCUT2D eigenvalue weighted by atomic mass is 10.1. The lowest BCUT2D eigenvalue weighted by molar-refractivity contribution is -0.207. The molecule has 1 rings (SSSR count). The van der Waals surface area contributed by atoms with Crippen LogP contribution in [0.25, 0.3) is 0 Å². The molecule has 0 saturated heterocycles. The van der Waals surface area contributed by atoms with Crippen LogP contribution in [0.2, 0.25) is 0 Å². The van der Waals surface area contributed by atoms with Crippen molar-refractivity contribution < 1.29 is 14.3 Å². The largest absolute Gasteiger partial charge is 0.431 e. The maximum Gasteiger partial charge on any atom is 0.295 e. The van der Waals surface area contributed by atoms with Crippen LogP contribution in [-0.4, -0.2) is 13.6 Å². The Balaban J connectivity index is 2.95. The van der Waals surface area contributed by atoms with E-state index in [4.69, 9.17) is 9.47 Å². The minimum Gasteiger partial charge on any atom is -0.431 e. The highest BCUT2D eigenvalue weighted by atomic mass is 16.7. The van der Waals surface area contributed by atoms with E-state index in [1.54, 1.807) is 6.92 Å². The van der Waals surface area contributed by atoms with Crippen LogP contribution in [0, 0.1) is 0 Å². The second-order valence-electron chi connectivity index (χ2n) is 2.73. The average Bonchev–Trinajstić information content (AvgIpc) is 2.19. The van der Waals surface area contributed by atoms with Crippen LogP contribution in [0.3, 0.4) is 0 Å². The zero-order valence-corrected chi connectivity index (χ0v) is 7.69. The molecule has 1 atom stereocenters. The molecule has 0 N–H and O–H groups in total. The lowest BCUT2D eigenvalue weighted by Crippen LogP contribution is -2.27. The fourth-order valence-electron chi connectivity index (χ4n) is 1.07. The molecule has 0 spiro atoms. The predicted molar refractivity (Wildman–Crippen MR) is 48.0 cm³/mol. The van der Waals surface area contributed by atoms with Gasteiger partial charge in [-0.1, -0.05) is 30.3 Å². The predicted octanol–water partition coefficient (Wildman–Crippen LogP) is 1.68. The van der Waals surface area contributed by atoms with Crippen LogP contribution in [-0.2, 0) is 20.1 Å². The summed E-state index contributed by atoms with van der Waals surface area (Å²) in [6, 6.07) is 9.29. The smallest absolute Gasteiger partial charge is 0.295 e. The van der Waals surface area contributed by atoms with Crippen molar-refractivity contribution in [3.05, 3.63) is 35.9 Å². The molecule has 0 aliphatic rings. The van der Waals surface area contributed by atoms with Crippen molar-refractivity contribution in [1.82, 2.24) is 0 Å². The van der Waals surface area contributed by atoms with Gasteiger partial charge in [-0.15, -0.1) is 0 Å². The maximum atomic E-state index is 10.3. The first-order valence-corrected chi connectivity index (χ1v) is 3.95. The fraction of sp³-hybridized carbons (Fsp3) is 0.300. The molecule has 0 aliphatic carbocycles. The van der Waals surface area contributed by atoms with Crippen molar-refractivity contribution in [3.8, 4) is 0 Å². The van der Waals surface area contributed by atoms with Gasteiger partial charge in [0.05, 0.1) is 0 Å². The second kappa shape index (κ2) is 4.05. The minimum atomic E-state index is -0.983. The highest BCUT2D eigenvalue weighted by molar-refractivity contribution is 5.39. The molecular formula is C10H12O3. The number of hydrogen-bond acceptors (Lipinski definition) is 3. The SMILES string of the molecule is COC(C)(OC=O)c1ccccc1. The zero-order valence-electron chi connectivity index (χ0n) is 7.69. The number of carbonyl (C=O) groups is 1. The third kappa shape index (κ3) is 2.06. The topological polar surface area (TPSA) is 35.5 Å². The van der Waals surface area contributed by atoms with Gasteiger partial charge in [-0.05, 0) is 0 Å². The molecule has 0 bridgehead atoms. The molecular weight excluding hydrogens is 168 g/mol. The summed E-state index contributed by atoms with van der Waals surface area (Å²) in [5.41, 5.74) is 0.810. The third-order valence-electron chi connectivity index (χ3n) is 1.96. The summed E-state index contributed by atoms with van der Waals surface area (Å²) in [6.07, 6.45) is 0. The van der Waals surface area contributed by atoms with Crippen LogP contribution in [0.4, 0.5) is 0 Å². The van der Waals surface area contributed by atoms with E-state index in [1.165, 1.54) is 7.11 Å². The summed E-state index contributed by atoms with van der Waals surface area (Å²) in [4.78, 5) is 10.3. The standard InChI is InChI=1S/C10H12O3/c1-10(12-2,13-8-11)9-6-4-3-5-7-9/h3-8H,1-2H3. The van der Waals surface area contributed by atoms with E-state index in [0.29, 0.717) is 6.47 Å². The summed E-state index contributed by atoms with van der Waals surface area (Å²) >= 11 is 0. The molecule has 1 unspecified atom stereocenters. The molecule has 1 aromatic carbocycles. The van der Waals surface area contributed by atoms with Gasteiger partial charge < -0.3 is 9.47 Å². The van der Waals surface area contributed by atoms with Gasteiger partial charge in [-0.3, -0.25) is 4.79 Å². The molecule has 0 fully saturated rings. The number of benzene rings is 1. The van der Waals surface area contributed by atoms with Crippen molar-refractivity contribution in [2.45, 2.75) is 12.7 Å². The van der Waals surface area contributed by atoms with Crippen LogP contribution in [0.15, 0.2) is 30.3 Å². The van der Waals surface area contributed by atoms with Crippen molar-refractivity contribution in [2.75, 3.05) is 7.11 Å². The van der Waals surface area contributed by atoms with Gasteiger partial charge in [-0.2, -0.15) is 0 Å². The summed E-state index contributed by atoms with van der Waals surface area (Å²) in [6.45, 7) is 2.08. The number of carbonyl (C=O) groups excluding carboxylic acids is 1. The Labute approximate surface area is 77.3 Å². The molecule has 3 heteroatoms. The Bertz CT molecular complexity index is 271. The molecule has 0 aliphatic heterocycles. The van der Waals surface area contributed by atoms with E-state index in [0.717, 1.165) is 5.56 Å². The first kappa shape index (κ1) is 9.74. The molecule has 0 radical (unpaired) electrons. The molecule has 13 heavy (non-hydrogen) atoms. The van der Waals surface area contributed by atoms with E-state index < -0.39 is 5.79 Å². The van der Waals surface area contributed by atoms with Crippen LogP contribution in [0.5, 0.6) is 0 Å². The van der Waals surface area contributed by atoms with E-state index in [-0.39, 0.29) is 0 Å². The van der Waals surface area contributed by atoms with Crippen LogP contribution < -0.4 is 0 Å². The first-order valence-electron chi connectivity index (χ1n) is 3.95. The van der Waals surface area contributed by atoms with Gasteiger partial charge in [0.25, 0.3) is 6.47 Å².